The Morgan fingerprint density at radius 2 is 2.17 bits per heavy atom. The first kappa shape index (κ1) is 13.2. The van der Waals surface area contributed by atoms with Crippen LogP contribution in [0.2, 0.25) is 0 Å². The highest BCUT2D eigenvalue weighted by molar-refractivity contribution is 7.16. The summed E-state index contributed by atoms with van der Waals surface area (Å²) < 4.78 is 0. The van der Waals surface area contributed by atoms with Crippen LogP contribution in [0.4, 0.5) is 5.82 Å². The summed E-state index contributed by atoms with van der Waals surface area (Å²) in [6, 6.07) is 2.06. The van der Waals surface area contributed by atoms with Crippen molar-refractivity contribution in [2.45, 2.75) is 20.4 Å². The summed E-state index contributed by atoms with van der Waals surface area (Å²) in [6.07, 6.45) is 0. The summed E-state index contributed by atoms with van der Waals surface area (Å²) in [5, 5.41) is 6.31. The lowest BCUT2D eigenvalue weighted by Gasteiger charge is -2.18. The SMILES string of the molecule is CNc1nc(CN(C)CC(C)C)nc2sccc12. The molecule has 0 unspecified atom stereocenters. The van der Waals surface area contributed by atoms with Gasteiger partial charge in [0.25, 0.3) is 0 Å². The molecule has 4 nitrogen and oxygen atoms in total. The van der Waals surface area contributed by atoms with Gasteiger partial charge in [0, 0.05) is 13.6 Å². The maximum absolute atomic E-state index is 4.62. The molecule has 0 atom stereocenters. The number of thiophene rings is 1. The molecule has 2 rings (SSSR count). The molecular formula is C13H20N4S. The van der Waals surface area contributed by atoms with Gasteiger partial charge in [-0.2, -0.15) is 0 Å². The van der Waals surface area contributed by atoms with Crippen LogP contribution >= 0.6 is 11.3 Å². The van der Waals surface area contributed by atoms with Gasteiger partial charge in [0.05, 0.1) is 11.9 Å². The molecule has 0 aliphatic carbocycles. The van der Waals surface area contributed by atoms with E-state index >= 15 is 0 Å². The zero-order valence-electron chi connectivity index (χ0n) is 11.4. The average molecular weight is 264 g/mol. The van der Waals surface area contributed by atoms with Crippen molar-refractivity contribution in [2.75, 3.05) is 26.0 Å². The Balaban J connectivity index is 2.22. The molecule has 0 aliphatic heterocycles. The van der Waals surface area contributed by atoms with Gasteiger partial charge in [0.2, 0.25) is 0 Å². The first-order chi connectivity index (χ1) is 8.60. The van der Waals surface area contributed by atoms with Crippen molar-refractivity contribution in [1.82, 2.24) is 14.9 Å². The molecule has 1 N–H and O–H groups in total. The monoisotopic (exact) mass is 264 g/mol. The predicted molar refractivity (Wildman–Crippen MR) is 78.1 cm³/mol. The van der Waals surface area contributed by atoms with Crippen molar-refractivity contribution in [3.63, 3.8) is 0 Å². The minimum absolute atomic E-state index is 0.657. The minimum Gasteiger partial charge on any atom is -0.372 e. The van der Waals surface area contributed by atoms with Gasteiger partial charge in [-0.25, -0.2) is 9.97 Å². The summed E-state index contributed by atoms with van der Waals surface area (Å²) in [5.74, 6) is 2.47. The molecule has 0 saturated heterocycles. The first-order valence-electron chi connectivity index (χ1n) is 6.20. The van der Waals surface area contributed by atoms with Crippen LogP contribution < -0.4 is 5.32 Å². The molecule has 0 bridgehead atoms. The standard InChI is InChI=1S/C13H20N4S/c1-9(2)7-17(4)8-11-15-12(14-3)10-5-6-18-13(10)16-11/h5-6,9H,7-8H2,1-4H3,(H,14,15,16). The van der Waals surface area contributed by atoms with Crippen molar-refractivity contribution in [2.24, 2.45) is 5.92 Å². The highest BCUT2D eigenvalue weighted by Gasteiger charge is 2.10. The Hall–Kier alpha value is -1.20. The van der Waals surface area contributed by atoms with Crippen molar-refractivity contribution in [3.8, 4) is 0 Å². The second-order valence-electron chi connectivity index (χ2n) is 4.97. The van der Waals surface area contributed by atoms with Gasteiger partial charge in [-0.15, -0.1) is 11.3 Å². The Bertz CT molecular complexity index is 521. The number of nitrogens with one attached hydrogen (secondary N) is 1. The summed E-state index contributed by atoms with van der Waals surface area (Å²) in [5.41, 5.74) is 0. The lowest BCUT2D eigenvalue weighted by molar-refractivity contribution is 0.282. The zero-order valence-corrected chi connectivity index (χ0v) is 12.2. The van der Waals surface area contributed by atoms with Crippen LogP contribution in [0.3, 0.4) is 0 Å². The van der Waals surface area contributed by atoms with Gasteiger partial charge < -0.3 is 5.32 Å². The molecule has 0 aromatic carbocycles. The van der Waals surface area contributed by atoms with Crippen molar-refractivity contribution >= 4 is 27.4 Å². The second-order valence-corrected chi connectivity index (χ2v) is 5.86. The van der Waals surface area contributed by atoms with E-state index in [9.17, 15) is 0 Å². The van der Waals surface area contributed by atoms with E-state index in [1.54, 1.807) is 11.3 Å². The van der Waals surface area contributed by atoms with Crippen molar-refractivity contribution < 1.29 is 0 Å². The van der Waals surface area contributed by atoms with Gasteiger partial charge in [-0.3, -0.25) is 4.90 Å². The van der Waals surface area contributed by atoms with E-state index < -0.39 is 0 Å². The molecule has 2 heterocycles. The van der Waals surface area contributed by atoms with Gasteiger partial charge >= 0.3 is 0 Å². The third kappa shape index (κ3) is 2.97. The average Bonchev–Trinajstić information content (AvgIpc) is 2.74. The number of nitrogens with zero attached hydrogens (tertiary/aromatic N) is 3. The molecule has 5 heteroatoms. The highest BCUT2D eigenvalue weighted by Crippen LogP contribution is 2.24. The van der Waals surface area contributed by atoms with E-state index in [4.69, 9.17) is 0 Å². The largest absolute Gasteiger partial charge is 0.372 e. The Labute approximate surface area is 112 Å². The molecule has 2 aromatic heterocycles. The number of anilines is 1. The van der Waals surface area contributed by atoms with Crippen LogP contribution in [0.15, 0.2) is 11.4 Å². The normalized spacial score (nSPS) is 11.7. The quantitative estimate of drug-likeness (QED) is 0.901. The maximum atomic E-state index is 4.62. The molecule has 0 amide bonds. The van der Waals surface area contributed by atoms with Crippen LogP contribution in [-0.4, -0.2) is 35.5 Å². The number of aromatic nitrogens is 2. The summed E-state index contributed by atoms with van der Waals surface area (Å²) in [7, 11) is 4.02. The van der Waals surface area contributed by atoms with Crippen LogP contribution in [0.5, 0.6) is 0 Å². The van der Waals surface area contributed by atoms with Crippen LogP contribution in [0.1, 0.15) is 19.7 Å². The summed E-state index contributed by atoms with van der Waals surface area (Å²) in [6.45, 7) is 6.29. The highest BCUT2D eigenvalue weighted by atomic mass is 32.1. The fourth-order valence-corrected chi connectivity index (χ4v) is 2.87. The molecule has 2 aromatic rings. The number of fused-ring (bicyclic) bond motifs is 1. The molecule has 0 spiro atoms. The molecule has 18 heavy (non-hydrogen) atoms. The molecule has 0 aliphatic rings. The maximum Gasteiger partial charge on any atom is 0.146 e. The smallest absolute Gasteiger partial charge is 0.146 e. The topological polar surface area (TPSA) is 41.1 Å². The fraction of sp³-hybridized carbons (Fsp3) is 0.538. The van der Waals surface area contributed by atoms with Crippen molar-refractivity contribution in [1.29, 1.82) is 0 Å². The Morgan fingerprint density at radius 1 is 1.39 bits per heavy atom. The lowest BCUT2D eigenvalue weighted by Crippen LogP contribution is -2.24. The number of hydrogen-bond acceptors (Lipinski definition) is 5. The van der Waals surface area contributed by atoms with E-state index in [1.807, 2.05) is 7.05 Å². The number of rotatable bonds is 5. The molecule has 0 saturated carbocycles. The van der Waals surface area contributed by atoms with Gasteiger partial charge in [0.15, 0.2) is 0 Å². The lowest BCUT2D eigenvalue weighted by atomic mass is 10.2. The summed E-state index contributed by atoms with van der Waals surface area (Å²) in [4.78, 5) is 12.5. The van der Waals surface area contributed by atoms with E-state index in [-0.39, 0.29) is 0 Å². The summed E-state index contributed by atoms with van der Waals surface area (Å²) >= 11 is 1.66. The van der Waals surface area contributed by atoms with Crippen LogP contribution in [0, 0.1) is 5.92 Å². The molecule has 0 radical (unpaired) electrons. The van der Waals surface area contributed by atoms with Crippen LogP contribution in [-0.2, 0) is 6.54 Å². The molecule has 98 valence electrons. The predicted octanol–water partition coefficient (Wildman–Crippen LogP) is 2.82. The zero-order chi connectivity index (χ0) is 13.1. The Morgan fingerprint density at radius 3 is 2.83 bits per heavy atom. The minimum atomic E-state index is 0.657. The second kappa shape index (κ2) is 5.63. The van der Waals surface area contributed by atoms with Gasteiger partial charge in [0.1, 0.15) is 16.5 Å². The number of hydrogen-bond donors (Lipinski definition) is 1. The van der Waals surface area contributed by atoms with Crippen LogP contribution in [0.25, 0.3) is 10.2 Å². The van der Waals surface area contributed by atoms with Gasteiger partial charge in [-0.1, -0.05) is 13.8 Å². The van der Waals surface area contributed by atoms with E-state index in [2.05, 4.69) is 52.5 Å². The third-order valence-corrected chi connectivity index (χ3v) is 3.50. The fourth-order valence-electron chi connectivity index (χ4n) is 2.09. The third-order valence-electron chi connectivity index (χ3n) is 2.70. The van der Waals surface area contributed by atoms with E-state index in [0.29, 0.717) is 5.92 Å². The van der Waals surface area contributed by atoms with Crippen molar-refractivity contribution in [3.05, 3.63) is 17.3 Å². The first-order valence-corrected chi connectivity index (χ1v) is 7.08. The Kier molecular flexibility index (Phi) is 4.14. The van der Waals surface area contributed by atoms with Gasteiger partial charge in [-0.05, 0) is 24.4 Å². The molecule has 0 fully saturated rings. The molecular weight excluding hydrogens is 244 g/mol. The van der Waals surface area contributed by atoms with E-state index in [1.165, 1.54) is 0 Å². The van der Waals surface area contributed by atoms with E-state index in [0.717, 1.165) is 34.9 Å².